The predicted octanol–water partition coefficient (Wildman–Crippen LogP) is 2.53. The summed E-state index contributed by atoms with van der Waals surface area (Å²) in [5, 5.41) is 17.9. The minimum Gasteiger partial charge on any atom is -0.490 e. The van der Waals surface area contributed by atoms with Crippen molar-refractivity contribution in [2.75, 3.05) is 47.9 Å². The number of ether oxygens (including phenoxy) is 1. The Morgan fingerprint density at radius 1 is 1.37 bits per heavy atom. The summed E-state index contributed by atoms with van der Waals surface area (Å²) in [6.07, 6.45) is 4.41. The second-order valence-electron chi connectivity index (χ2n) is 8.51. The number of anilines is 3. The quantitative estimate of drug-likeness (QED) is 0.486. The van der Waals surface area contributed by atoms with Gasteiger partial charge in [-0.1, -0.05) is 0 Å². The summed E-state index contributed by atoms with van der Waals surface area (Å²) in [6.45, 7) is 9.76. The van der Waals surface area contributed by atoms with Gasteiger partial charge in [-0.3, -0.25) is 9.69 Å². The largest absolute Gasteiger partial charge is 0.490 e. The van der Waals surface area contributed by atoms with E-state index in [1.54, 1.807) is 21.8 Å². The van der Waals surface area contributed by atoms with Crippen molar-refractivity contribution < 1.29 is 19.4 Å². The lowest BCUT2D eigenvalue weighted by Gasteiger charge is -2.34. The molecule has 1 saturated heterocycles. The third-order valence-corrected chi connectivity index (χ3v) is 6.03. The van der Waals surface area contributed by atoms with Crippen LogP contribution in [-0.2, 0) is 11.2 Å². The van der Waals surface area contributed by atoms with Gasteiger partial charge in [-0.05, 0) is 45.4 Å². The van der Waals surface area contributed by atoms with E-state index < -0.39 is 0 Å². The molecule has 0 aliphatic carbocycles. The number of rotatable bonds is 4. The van der Waals surface area contributed by atoms with Gasteiger partial charge in [0.2, 0.25) is 0 Å². The maximum Gasteiger partial charge on any atom is 0.327 e. The van der Waals surface area contributed by atoms with Gasteiger partial charge in [-0.25, -0.2) is 14.3 Å². The highest BCUT2D eigenvalue weighted by molar-refractivity contribution is 6.04. The van der Waals surface area contributed by atoms with Crippen molar-refractivity contribution in [3.05, 3.63) is 41.9 Å². The average Bonchev–Trinajstić information content (AvgIpc) is 3.42. The molecule has 3 aromatic rings. The fraction of sp³-hybridized carbons (Fsp3) is 0.417. The summed E-state index contributed by atoms with van der Waals surface area (Å²) in [7, 11) is 0. The third kappa shape index (κ3) is 5.14. The lowest BCUT2D eigenvalue weighted by molar-refractivity contribution is -0.122. The molecule has 0 bridgehead atoms. The monoisotopic (exact) mass is 481 g/mol. The number of fused-ring (bicyclic) bond motifs is 2. The molecule has 2 aliphatic rings. The van der Waals surface area contributed by atoms with Crippen LogP contribution in [0, 0.1) is 6.92 Å². The minimum absolute atomic E-state index is 0.205. The van der Waals surface area contributed by atoms with Gasteiger partial charge in [-0.15, -0.1) is 0 Å². The average molecular weight is 482 g/mol. The van der Waals surface area contributed by atoms with Gasteiger partial charge in [0.05, 0.1) is 29.7 Å². The van der Waals surface area contributed by atoms with Crippen LogP contribution in [0.4, 0.5) is 22.0 Å². The molecule has 2 aliphatic heterocycles. The van der Waals surface area contributed by atoms with Gasteiger partial charge in [-0.2, -0.15) is 5.10 Å². The molecule has 1 fully saturated rings. The Kier molecular flexibility index (Phi) is 7.35. The van der Waals surface area contributed by atoms with Crippen LogP contribution in [-0.4, -0.2) is 71.0 Å². The number of nitrogens with one attached hydrogen (secondary N) is 2. The van der Waals surface area contributed by atoms with Crippen molar-refractivity contribution in [1.82, 2.24) is 19.9 Å². The van der Waals surface area contributed by atoms with Crippen LogP contribution in [0.2, 0.25) is 0 Å². The molecule has 0 saturated carbocycles. The lowest BCUT2D eigenvalue weighted by atomic mass is 10.1. The number of hydrogen-bond donors (Lipinski definition) is 3. The van der Waals surface area contributed by atoms with Crippen LogP contribution < -0.4 is 25.2 Å². The summed E-state index contributed by atoms with van der Waals surface area (Å²) in [4.78, 5) is 30.3. The van der Waals surface area contributed by atoms with Crippen molar-refractivity contribution in [1.29, 1.82) is 0 Å². The van der Waals surface area contributed by atoms with Crippen molar-refractivity contribution in [2.45, 2.75) is 33.2 Å². The normalized spacial score (nSPS) is 16.9. The van der Waals surface area contributed by atoms with Gasteiger partial charge in [0.15, 0.2) is 5.75 Å². The van der Waals surface area contributed by atoms with Gasteiger partial charge >= 0.3 is 6.03 Å². The molecule has 0 radical (unpaired) electrons. The zero-order valence-electron chi connectivity index (χ0n) is 20.2. The molecule has 11 heteroatoms. The van der Waals surface area contributed by atoms with Crippen LogP contribution in [0.5, 0.6) is 5.75 Å². The highest BCUT2D eigenvalue weighted by Crippen LogP contribution is 2.35. The Morgan fingerprint density at radius 3 is 2.91 bits per heavy atom. The number of amides is 2. The fourth-order valence-electron chi connectivity index (χ4n) is 4.62. The standard InChI is InChI=1S/C23H29N7O2.CH2O2/c1-4-32-21-14-30-17(11-15(2)27-30)12-19(21)26-23(31)29-9-6-18-20(5-7-25-22(18)29)28-10-8-24-16(3)13-28;2-1-3/h5,7,11-12,14,16,24H,4,6,8-10,13H2,1-3H3,(H,26,31);1H,(H,2,3)/t16-;/m0./s1. The van der Waals surface area contributed by atoms with E-state index in [2.05, 4.69) is 38.6 Å². The molecular weight excluding hydrogens is 450 g/mol. The van der Waals surface area contributed by atoms with E-state index >= 15 is 0 Å². The Labute approximate surface area is 203 Å². The molecule has 0 aromatic carbocycles. The van der Waals surface area contributed by atoms with Crippen LogP contribution >= 0.6 is 0 Å². The predicted molar refractivity (Wildman–Crippen MR) is 134 cm³/mol. The Morgan fingerprint density at radius 2 is 2.17 bits per heavy atom. The highest BCUT2D eigenvalue weighted by atomic mass is 16.5. The topological polar surface area (TPSA) is 124 Å². The van der Waals surface area contributed by atoms with E-state index in [1.165, 1.54) is 5.69 Å². The number of carbonyl (C=O) groups excluding carboxylic acids is 1. The second kappa shape index (κ2) is 10.6. The lowest BCUT2D eigenvalue weighted by Crippen LogP contribution is -2.49. The summed E-state index contributed by atoms with van der Waals surface area (Å²) in [5.74, 6) is 1.33. The summed E-state index contributed by atoms with van der Waals surface area (Å²) < 4.78 is 7.54. The van der Waals surface area contributed by atoms with Crippen LogP contribution in [0.3, 0.4) is 0 Å². The Balaban J connectivity index is 0.000000917. The number of carboxylic acid groups (broad SMARTS) is 1. The van der Waals surface area contributed by atoms with E-state index in [0.29, 0.717) is 30.6 Å². The smallest absolute Gasteiger partial charge is 0.327 e. The molecule has 0 unspecified atom stereocenters. The van der Waals surface area contributed by atoms with Crippen LogP contribution in [0.1, 0.15) is 25.1 Å². The SMILES string of the molecule is CCOc1cn2nc(C)cc2cc1NC(=O)N1CCc2c(N3CCN[C@@H](C)C3)ccnc21.O=CO. The number of aryl methyl sites for hydroxylation is 1. The van der Waals surface area contributed by atoms with E-state index in [0.717, 1.165) is 48.6 Å². The molecular formula is C24H31N7O4. The number of pyridine rings is 2. The Hall–Kier alpha value is -3.86. The number of hydrogen-bond acceptors (Lipinski definition) is 7. The molecule has 0 spiro atoms. The number of nitrogens with zero attached hydrogens (tertiary/aromatic N) is 5. The van der Waals surface area contributed by atoms with Crippen molar-refractivity contribution >= 4 is 35.2 Å². The highest BCUT2D eigenvalue weighted by Gasteiger charge is 2.31. The minimum atomic E-state index is -0.250. The van der Waals surface area contributed by atoms with Crippen LogP contribution in [0.15, 0.2) is 30.6 Å². The van der Waals surface area contributed by atoms with Crippen molar-refractivity contribution in [2.24, 2.45) is 0 Å². The van der Waals surface area contributed by atoms with E-state index in [-0.39, 0.29) is 12.5 Å². The van der Waals surface area contributed by atoms with Gasteiger partial charge in [0.25, 0.3) is 6.47 Å². The number of urea groups is 1. The first-order chi connectivity index (χ1) is 16.9. The van der Waals surface area contributed by atoms with Crippen molar-refractivity contribution in [3.63, 3.8) is 0 Å². The molecule has 3 N–H and O–H groups in total. The maximum absolute atomic E-state index is 13.3. The maximum atomic E-state index is 13.3. The second-order valence-corrected chi connectivity index (χ2v) is 8.51. The summed E-state index contributed by atoms with van der Waals surface area (Å²) in [6, 6.07) is 6.17. The van der Waals surface area contributed by atoms with E-state index in [9.17, 15) is 4.79 Å². The molecule has 11 nitrogen and oxygen atoms in total. The summed E-state index contributed by atoms with van der Waals surface area (Å²) >= 11 is 0. The molecule has 3 aromatic heterocycles. The van der Waals surface area contributed by atoms with E-state index in [1.807, 2.05) is 26.0 Å². The Bertz CT molecular complexity index is 1210. The summed E-state index contributed by atoms with van der Waals surface area (Å²) in [5.41, 5.74) is 4.76. The molecule has 1 atom stereocenters. The first-order valence-corrected chi connectivity index (χ1v) is 11.7. The molecule has 5 rings (SSSR count). The molecule has 35 heavy (non-hydrogen) atoms. The fourth-order valence-corrected chi connectivity index (χ4v) is 4.62. The molecule has 5 heterocycles. The first-order valence-electron chi connectivity index (χ1n) is 11.7. The van der Waals surface area contributed by atoms with Gasteiger partial charge in [0.1, 0.15) is 5.82 Å². The number of carbonyl (C=O) groups is 2. The van der Waals surface area contributed by atoms with Crippen molar-refractivity contribution in [3.8, 4) is 5.75 Å². The molecule has 2 amide bonds. The van der Waals surface area contributed by atoms with E-state index in [4.69, 9.17) is 14.6 Å². The van der Waals surface area contributed by atoms with Gasteiger partial charge in [0, 0.05) is 49.7 Å². The zero-order chi connectivity index (χ0) is 24.9. The van der Waals surface area contributed by atoms with Gasteiger partial charge < -0.3 is 25.4 Å². The molecule has 186 valence electrons. The third-order valence-electron chi connectivity index (χ3n) is 6.03. The van der Waals surface area contributed by atoms with Crippen LogP contribution in [0.25, 0.3) is 5.52 Å². The number of aromatic nitrogens is 3. The zero-order valence-corrected chi connectivity index (χ0v) is 20.2. The number of piperazine rings is 1. The first kappa shape index (κ1) is 24.3.